The highest BCUT2D eigenvalue weighted by atomic mass is 35.5. The van der Waals surface area contributed by atoms with Gasteiger partial charge < -0.3 is 5.32 Å². The fourth-order valence-corrected chi connectivity index (χ4v) is 1.32. The molecular formula is C12H16ClN. The molecule has 1 aromatic rings. The Hall–Kier alpha value is -0.790. The Bertz CT molecular complexity index is 303. The lowest BCUT2D eigenvalue weighted by Crippen LogP contribution is -2.20. The summed E-state index contributed by atoms with van der Waals surface area (Å²) in [5, 5.41) is 4.15. The lowest BCUT2D eigenvalue weighted by molar-refractivity contribution is 0.607. The van der Waals surface area contributed by atoms with Crippen molar-refractivity contribution in [2.75, 3.05) is 6.54 Å². The Morgan fingerprint density at radius 1 is 1.43 bits per heavy atom. The molecule has 1 N–H and O–H groups in total. The maximum absolute atomic E-state index is 5.81. The Morgan fingerprint density at radius 2 is 2.00 bits per heavy atom. The molecule has 0 aromatic heterocycles. The average molecular weight is 210 g/mol. The van der Waals surface area contributed by atoms with Crippen molar-refractivity contribution in [3.8, 4) is 0 Å². The number of halogens is 1. The van der Waals surface area contributed by atoms with E-state index in [1.807, 2.05) is 31.2 Å². The summed E-state index contributed by atoms with van der Waals surface area (Å²) in [4.78, 5) is 0. The number of nitrogens with one attached hydrogen (secondary N) is 1. The van der Waals surface area contributed by atoms with Crippen molar-refractivity contribution < 1.29 is 0 Å². The molecule has 76 valence electrons. The first kappa shape index (κ1) is 11.3. The highest BCUT2D eigenvalue weighted by molar-refractivity contribution is 6.30. The third kappa shape index (κ3) is 3.52. The van der Waals surface area contributed by atoms with Crippen LogP contribution >= 0.6 is 11.6 Å². The minimum absolute atomic E-state index is 0.337. The lowest BCUT2D eigenvalue weighted by Gasteiger charge is -2.14. The molecule has 0 amide bonds. The summed E-state index contributed by atoms with van der Waals surface area (Å²) < 4.78 is 0. The van der Waals surface area contributed by atoms with Gasteiger partial charge in [-0.15, -0.1) is 0 Å². The number of benzene rings is 1. The molecule has 0 aliphatic heterocycles. The third-order valence-electron chi connectivity index (χ3n) is 2.08. The molecule has 14 heavy (non-hydrogen) atoms. The van der Waals surface area contributed by atoms with Crippen LogP contribution in [-0.2, 0) is 0 Å². The molecule has 0 heterocycles. The van der Waals surface area contributed by atoms with Gasteiger partial charge in [0.2, 0.25) is 0 Å². The zero-order valence-corrected chi connectivity index (χ0v) is 9.43. The molecule has 0 aliphatic rings. The molecule has 1 rings (SSSR count). The standard InChI is InChI=1S/C12H16ClN/c1-9(2)8-14-10(3)11-4-6-12(13)7-5-11/h4-7,10,14H,1,8H2,2-3H3. The maximum Gasteiger partial charge on any atom is 0.0406 e. The zero-order valence-electron chi connectivity index (χ0n) is 8.68. The molecule has 0 saturated heterocycles. The molecule has 2 heteroatoms. The van der Waals surface area contributed by atoms with E-state index in [0.717, 1.165) is 17.1 Å². The van der Waals surface area contributed by atoms with E-state index in [0.29, 0.717) is 6.04 Å². The molecule has 0 aliphatic carbocycles. The molecule has 0 radical (unpaired) electrons. The molecule has 1 atom stereocenters. The fraction of sp³-hybridized carbons (Fsp3) is 0.333. The largest absolute Gasteiger partial charge is 0.306 e. The van der Waals surface area contributed by atoms with Crippen molar-refractivity contribution in [3.63, 3.8) is 0 Å². The van der Waals surface area contributed by atoms with E-state index in [1.165, 1.54) is 5.56 Å². The Kier molecular flexibility index (Phi) is 4.18. The van der Waals surface area contributed by atoms with Crippen LogP contribution in [0.2, 0.25) is 5.02 Å². The van der Waals surface area contributed by atoms with Gasteiger partial charge in [-0.3, -0.25) is 0 Å². The van der Waals surface area contributed by atoms with E-state index in [-0.39, 0.29) is 0 Å². The van der Waals surface area contributed by atoms with Crippen LogP contribution in [0.5, 0.6) is 0 Å². The van der Waals surface area contributed by atoms with E-state index in [1.54, 1.807) is 0 Å². The minimum atomic E-state index is 0.337. The molecule has 0 spiro atoms. The predicted octanol–water partition coefficient (Wildman–Crippen LogP) is 3.57. The average Bonchev–Trinajstić information content (AvgIpc) is 2.15. The van der Waals surface area contributed by atoms with Crippen LogP contribution in [0.3, 0.4) is 0 Å². The quantitative estimate of drug-likeness (QED) is 0.748. The van der Waals surface area contributed by atoms with Gasteiger partial charge in [0.25, 0.3) is 0 Å². The third-order valence-corrected chi connectivity index (χ3v) is 2.33. The van der Waals surface area contributed by atoms with Crippen LogP contribution in [0.15, 0.2) is 36.4 Å². The van der Waals surface area contributed by atoms with E-state index in [4.69, 9.17) is 11.6 Å². The maximum atomic E-state index is 5.81. The Balaban J connectivity index is 2.56. The van der Waals surface area contributed by atoms with Gasteiger partial charge in [-0.05, 0) is 31.5 Å². The lowest BCUT2D eigenvalue weighted by atomic mass is 10.1. The summed E-state index contributed by atoms with van der Waals surface area (Å²) in [6, 6.07) is 8.24. The first-order valence-corrected chi connectivity index (χ1v) is 5.10. The number of rotatable bonds is 4. The molecule has 1 unspecified atom stereocenters. The van der Waals surface area contributed by atoms with Crippen molar-refractivity contribution in [2.45, 2.75) is 19.9 Å². The second-order valence-electron chi connectivity index (χ2n) is 3.61. The molecule has 1 aromatic carbocycles. The van der Waals surface area contributed by atoms with Gasteiger partial charge in [0.15, 0.2) is 0 Å². The van der Waals surface area contributed by atoms with Crippen LogP contribution in [0.25, 0.3) is 0 Å². The van der Waals surface area contributed by atoms with Crippen molar-refractivity contribution in [2.24, 2.45) is 0 Å². The highest BCUT2D eigenvalue weighted by Gasteiger charge is 2.03. The second-order valence-corrected chi connectivity index (χ2v) is 4.05. The Labute approximate surface area is 90.8 Å². The predicted molar refractivity (Wildman–Crippen MR) is 62.7 cm³/mol. The second kappa shape index (κ2) is 5.18. The van der Waals surface area contributed by atoms with Gasteiger partial charge in [-0.25, -0.2) is 0 Å². The monoisotopic (exact) mass is 209 g/mol. The van der Waals surface area contributed by atoms with E-state index < -0.39 is 0 Å². The first-order chi connectivity index (χ1) is 6.59. The smallest absolute Gasteiger partial charge is 0.0406 e. The molecular weight excluding hydrogens is 194 g/mol. The summed E-state index contributed by atoms with van der Waals surface area (Å²) in [7, 11) is 0. The van der Waals surface area contributed by atoms with Gasteiger partial charge in [0, 0.05) is 17.6 Å². The van der Waals surface area contributed by atoms with Crippen LogP contribution < -0.4 is 5.32 Å². The molecule has 0 fully saturated rings. The fourth-order valence-electron chi connectivity index (χ4n) is 1.20. The number of hydrogen-bond acceptors (Lipinski definition) is 1. The Morgan fingerprint density at radius 3 is 2.50 bits per heavy atom. The summed E-state index contributed by atoms with van der Waals surface area (Å²) in [6.07, 6.45) is 0. The van der Waals surface area contributed by atoms with Gasteiger partial charge in [-0.1, -0.05) is 35.9 Å². The van der Waals surface area contributed by atoms with E-state index in [9.17, 15) is 0 Å². The summed E-state index contributed by atoms with van der Waals surface area (Å²) >= 11 is 5.81. The van der Waals surface area contributed by atoms with Crippen molar-refractivity contribution >= 4 is 11.6 Å². The van der Waals surface area contributed by atoms with E-state index >= 15 is 0 Å². The topological polar surface area (TPSA) is 12.0 Å². The summed E-state index contributed by atoms with van der Waals surface area (Å²) in [5.41, 5.74) is 2.39. The van der Waals surface area contributed by atoms with Crippen molar-refractivity contribution in [1.29, 1.82) is 0 Å². The SMILES string of the molecule is C=C(C)CNC(C)c1ccc(Cl)cc1. The van der Waals surface area contributed by atoms with Crippen molar-refractivity contribution in [3.05, 3.63) is 47.0 Å². The molecule has 0 bridgehead atoms. The van der Waals surface area contributed by atoms with Crippen LogP contribution in [0, 0.1) is 0 Å². The number of hydrogen-bond donors (Lipinski definition) is 1. The highest BCUT2D eigenvalue weighted by Crippen LogP contribution is 2.15. The van der Waals surface area contributed by atoms with E-state index in [2.05, 4.69) is 18.8 Å². The van der Waals surface area contributed by atoms with Crippen LogP contribution in [0.4, 0.5) is 0 Å². The minimum Gasteiger partial charge on any atom is -0.306 e. The summed E-state index contributed by atoms with van der Waals surface area (Å²) in [6.45, 7) is 8.85. The summed E-state index contributed by atoms with van der Waals surface area (Å²) in [5.74, 6) is 0. The van der Waals surface area contributed by atoms with Crippen LogP contribution in [-0.4, -0.2) is 6.54 Å². The van der Waals surface area contributed by atoms with Gasteiger partial charge in [0.05, 0.1) is 0 Å². The van der Waals surface area contributed by atoms with Gasteiger partial charge in [0.1, 0.15) is 0 Å². The van der Waals surface area contributed by atoms with Gasteiger partial charge >= 0.3 is 0 Å². The zero-order chi connectivity index (χ0) is 10.6. The van der Waals surface area contributed by atoms with Crippen LogP contribution in [0.1, 0.15) is 25.5 Å². The van der Waals surface area contributed by atoms with Gasteiger partial charge in [-0.2, -0.15) is 0 Å². The molecule has 1 nitrogen and oxygen atoms in total. The molecule has 0 saturated carbocycles. The first-order valence-electron chi connectivity index (χ1n) is 4.73. The normalized spacial score (nSPS) is 12.5. The van der Waals surface area contributed by atoms with Crippen molar-refractivity contribution in [1.82, 2.24) is 5.32 Å².